The third kappa shape index (κ3) is 6.33. The number of likely N-dealkylation sites (tertiary alicyclic amines) is 1. The molecule has 1 amide bonds. The van der Waals surface area contributed by atoms with E-state index in [-0.39, 0.29) is 5.91 Å². The van der Waals surface area contributed by atoms with E-state index in [2.05, 4.69) is 17.1 Å². The van der Waals surface area contributed by atoms with Gasteiger partial charge in [-0.2, -0.15) is 0 Å². The maximum Gasteiger partial charge on any atom is 0.222 e. The Labute approximate surface area is 110 Å². The Kier molecular flexibility index (Phi) is 7.96. The number of hydrogen-bond donors (Lipinski definition) is 2. The van der Waals surface area contributed by atoms with Crippen molar-refractivity contribution in [2.75, 3.05) is 39.4 Å². The maximum atomic E-state index is 11.7. The van der Waals surface area contributed by atoms with Gasteiger partial charge in [-0.05, 0) is 19.3 Å². The van der Waals surface area contributed by atoms with E-state index in [1.807, 2.05) is 0 Å². The lowest BCUT2D eigenvalue weighted by Gasteiger charge is -2.32. The van der Waals surface area contributed by atoms with Crippen LogP contribution in [0.4, 0.5) is 0 Å². The lowest BCUT2D eigenvalue weighted by molar-refractivity contribution is -0.123. The number of amides is 1. The summed E-state index contributed by atoms with van der Waals surface area (Å²) >= 11 is 0. The Bertz CT molecular complexity index is 228. The number of nitrogens with two attached hydrogens (primary N) is 1. The Morgan fingerprint density at radius 3 is 2.72 bits per heavy atom. The monoisotopic (exact) mass is 257 g/mol. The second kappa shape index (κ2) is 9.30. The molecular weight excluding hydrogens is 230 g/mol. The molecule has 1 heterocycles. The van der Waals surface area contributed by atoms with Gasteiger partial charge in [0.05, 0.1) is 6.61 Å². The van der Waals surface area contributed by atoms with Crippen molar-refractivity contribution in [3.63, 3.8) is 0 Å². The van der Waals surface area contributed by atoms with Crippen molar-refractivity contribution >= 4 is 5.91 Å². The van der Waals surface area contributed by atoms with Crippen LogP contribution in [0.1, 0.15) is 32.6 Å². The summed E-state index contributed by atoms with van der Waals surface area (Å²) < 4.78 is 5.31. The molecule has 0 bridgehead atoms. The number of hydrogen-bond acceptors (Lipinski definition) is 4. The lowest BCUT2D eigenvalue weighted by Crippen LogP contribution is -2.45. The molecule has 0 aliphatic carbocycles. The van der Waals surface area contributed by atoms with E-state index >= 15 is 0 Å². The minimum Gasteiger partial charge on any atom is -0.381 e. The summed E-state index contributed by atoms with van der Waals surface area (Å²) in [6, 6.07) is 0.331. The van der Waals surface area contributed by atoms with Crippen LogP contribution in [0, 0.1) is 0 Å². The quantitative estimate of drug-likeness (QED) is 0.615. The first-order valence-corrected chi connectivity index (χ1v) is 7.05. The van der Waals surface area contributed by atoms with Crippen molar-refractivity contribution in [2.24, 2.45) is 5.73 Å². The zero-order valence-corrected chi connectivity index (χ0v) is 11.5. The predicted molar refractivity (Wildman–Crippen MR) is 72.4 cm³/mol. The van der Waals surface area contributed by atoms with E-state index in [1.165, 1.54) is 0 Å². The van der Waals surface area contributed by atoms with Gasteiger partial charge in [0.25, 0.3) is 0 Å². The number of ether oxygens (including phenoxy) is 1. The highest BCUT2D eigenvalue weighted by Gasteiger charge is 2.19. The molecule has 0 aromatic heterocycles. The van der Waals surface area contributed by atoms with Gasteiger partial charge < -0.3 is 20.7 Å². The van der Waals surface area contributed by atoms with Gasteiger partial charge in [0.1, 0.15) is 0 Å². The highest BCUT2D eigenvalue weighted by molar-refractivity contribution is 5.76. The first kappa shape index (κ1) is 15.4. The second-order valence-corrected chi connectivity index (χ2v) is 4.83. The van der Waals surface area contributed by atoms with Crippen molar-refractivity contribution in [3.05, 3.63) is 0 Å². The highest BCUT2D eigenvalue weighted by Crippen LogP contribution is 2.09. The van der Waals surface area contributed by atoms with Gasteiger partial charge in [0, 0.05) is 45.2 Å². The molecule has 106 valence electrons. The Hall–Kier alpha value is -0.650. The van der Waals surface area contributed by atoms with Crippen LogP contribution in [0.3, 0.4) is 0 Å². The summed E-state index contributed by atoms with van der Waals surface area (Å²) in [5, 5.41) is 3.08. The largest absolute Gasteiger partial charge is 0.381 e. The van der Waals surface area contributed by atoms with Gasteiger partial charge >= 0.3 is 0 Å². The molecule has 0 atom stereocenters. The number of piperidine rings is 1. The standard InChI is InChI=1S/C13H27N3O2/c1-2-10-18-11-5-13(17)15-12-3-7-16(8-4-12)9-6-14/h12H,2-11,14H2,1H3,(H,15,17). The van der Waals surface area contributed by atoms with Gasteiger partial charge in [0.2, 0.25) is 5.91 Å². The molecular formula is C13H27N3O2. The normalized spacial score (nSPS) is 17.9. The summed E-state index contributed by atoms with van der Waals surface area (Å²) in [7, 11) is 0. The molecule has 0 saturated carbocycles. The molecule has 5 heteroatoms. The SMILES string of the molecule is CCCOCCC(=O)NC1CCN(CCN)CC1. The van der Waals surface area contributed by atoms with E-state index in [0.717, 1.165) is 45.5 Å². The molecule has 0 aromatic rings. The summed E-state index contributed by atoms with van der Waals surface area (Å²) in [5.41, 5.74) is 5.53. The van der Waals surface area contributed by atoms with Gasteiger partial charge in [-0.3, -0.25) is 4.79 Å². The summed E-state index contributed by atoms with van der Waals surface area (Å²) in [4.78, 5) is 14.0. The Balaban J connectivity index is 2.07. The molecule has 0 radical (unpaired) electrons. The average molecular weight is 257 g/mol. The minimum atomic E-state index is 0.114. The molecule has 1 aliphatic heterocycles. The number of carbonyl (C=O) groups excluding carboxylic acids is 1. The van der Waals surface area contributed by atoms with Crippen molar-refractivity contribution in [1.29, 1.82) is 0 Å². The summed E-state index contributed by atoms with van der Waals surface area (Å²) in [6.45, 7) is 7.09. The fourth-order valence-electron chi connectivity index (χ4n) is 2.19. The fraction of sp³-hybridized carbons (Fsp3) is 0.923. The molecule has 18 heavy (non-hydrogen) atoms. The van der Waals surface area contributed by atoms with Crippen LogP contribution < -0.4 is 11.1 Å². The van der Waals surface area contributed by atoms with Gasteiger partial charge in [-0.1, -0.05) is 6.92 Å². The molecule has 1 rings (SSSR count). The first-order valence-electron chi connectivity index (χ1n) is 7.05. The number of nitrogens with zero attached hydrogens (tertiary/aromatic N) is 1. The van der Waals surface area contributed by atoms with Crippen LogP contribution in [0.25, 0.3) is 0 Å². The van der Waals surface area contributed by atoms with Crippen LogP contribution >= 0.6 is 0 Å². The Morgan fingerprint density at radius 2 is 2.11 bits per heavy atom. The van der Waals surface area contributed by atoms with Gasteiger partial charge in [-0.25, -0.2) is 0 Å². The van der Waals surface area contributed by atoms with E-state index < -0.39 is 0 Å². The van der Waals surface area contributed by atoms with E-state index in [0.29, 0.717) is 25.6 Å². The molecule has 5 nitrogen and oxygen atoms in total. The molecule has 3 N–H and O–H groups in total. The molecule has 1 saturated heterocycles. The molecule has 0 spiro atoms. The lowest BCUT2D eigenvalue weighted by atomic mass is 10.0. The van der Waals surface area contributed by atoms with Gasteiger partial charge in [0.15, 0.2) is 0 Å². The molecule has 0 aromatic carbocycles. The van der Waals surface area contributed by atoms with Crippen LogP contribution in [0.15, 0.2) is 0 Å². The molecule has 1 fully saturated rings. The third-order valence-electron chi connectivity index (χ3n) is 3.22. The van der Waals surface area contributed by atoms with Crippen molar-refractivity contribution in [2.45, 2.75) is 38.6 Å². The third-order valence-corrected chi connectivity index (χ3v) is 3.22. The zero-order valence-electron chi connectivity index (χ0n) is 11.5. The second-order valence-electron chi connectivity index (χ2n) is 4.83. The first-order chi connectivity index (χ1) is 8.76. The molecule has 0 unspecified atom stereocenters. The molecule has 1 aliphatic rings. The maximum absolute atomic E-state index is 11.7. The number of nitrogens with one attached hydrogen (secondary N) is 1. The minimum absolute atomic E-state index is 0.114. The van der Waals surface area contributed by atoms with Crippen LogP contribution in [0.2, 0.25) is 0 Å². The van der Waals surface area contributed by atoms with Crippen molar-refractivity contribution in [1.82, 2.24) is 10.2 Å². The topological polar surface area (TPSA) is 67.6 Å². The average Bonchev–Trinajstić information content (AvgIpc) is 2.37. The van der Waals surface area contributed by atoms with E-state index in [4.69, 9.17) is 10.5 Å². The van der Waals surface area contributed by atoms with Crippen LogP contribution in [-0.4, -0.2) is 56.2 Å². The number of rotatable bonds is 8. The van der Waals surface area contributed by atoms with Crippen molar-refractivity contribution in [3.8, 4) is 0 Å². The fourth-order valence-corrected chi connectivity index (χ4v) is 2.19. The summed E-state index contributed by atoms with van der Waals surface area (Å²) in [5.74, 6) is 0.114. The van der Waals surface area contributed by atoms with Gasteiger partial charge in [-0.15, -0.1) is 0 Å². The highest BCUT2D eigenvalue weighted by atomic mass is 16.5. The van der Waals surface area contributed by atoms with Crippen LogP contribution in [0.5, 0.6) is 0 Å². The van der Waals surface area contributed by atoms with E-state index in [9.17, 15) is 4.79 Å². The number of carbonyl (C=O) groups is 1. The van der Waals surface area contributed by atoms with E-state index in [1.54, 1.807) is 0 Å². The summed E-state index contributed by atoms with van der Waals surface area (Å²) in [6.07, 6.45) is 3.54. The Morgan fingerprint density at radius 1 is 1.39 bits per heavy atom. The van der Waals surface area contributed by atoms with Crippen LogP contribution in [-0.2, 0) is 9.53 Å². The zero-order chi connectivity index (χ0) is 13.2. The predicted octanol–water partition coefficient (Wildman–Crippen LogP) is 0.342. The van der Waals surface area contributed by atoms with Crippen molar-refractivity contribution < 1.29 is 9.53 Å². The smallest absolute Gasteiger partial charge is 0.222 e.